The van der Waals surface area contributed by atoms with Crippen LogP contribution in [0.1, 0.15) is 5.56 Å². The Balaban J connectivity index is 1.62. The van der Waals surface area contributed by atoms with Gasteiger partial charge in [-0.3, -0.25) is 19.8 Å². The van der Waals surface area contributed by atoms with Gasteiger partial charge in [-0.15, -0.1) is 5.11 Å². The van der Waals surface area contributed by atoms with Crippen LogP contribution in [0.4, 0.5) is 11.5 Å². The third kappa shape index (κ3) is 4.02. The Morgan fingerprint density at radius 2 is 1.52 bits per heavy atom. The first-order valence-corrected chi connectivity index (χ1v) is 10.1. The largest absolute Gasteiger partial charge is 0.294 e. The highest BCUT2D eigenvalue weighted by Gasteiger charge is 2.14. The lowest BCUT2D eigenvalue weighted by atomic mass is 10.2. The van der Waals surface area contributed by atoms with Gasteiger partial charge in [-0.05, 0) is 17.7 Å². The Kier molecular flexibility index (Phi) is 5.26. The van der Waals surface area contributed by atoms with Crippen LogP contribution in [0.5, 0.6) is 0 Å². The van der Waals surface area contributed by atoms with Crippen LogP contribution in [0.2, 0.25) is 0 Å². The number of hydrogen-bond donors (Lipinski definition) is 2. The van der Waals surface area contributed by atoms with Crippen LogP contribution in [-0.2, 0) is 0 Å². The van der Waals surface area contributed by atoms with Crippen molar-refractivity contribution < 1.29 is 0 Å². The van der Waals surface area contributed by atoms with Crippen molar-refractivity contribution >= 4 is 28.6 Å². The minimum atomic E-state index is -0.512. The second-order valence-corrected chi connectivity index (χ2v) is 7.07. The van der Waals surface area contributed by atoms with E-state index in [4.69, 9.17) is 0 Å². The maximum absolute atomic E-state index is 13.2. The second kappa shape index (κ2) is 8.67. The van der Waals surface area contributed by atoms with Crippen LogP contribution in [0, 0.1) is 0 Å². The molecule has 0 amide bonds. The molecule has 5 rings (SSSR count). The number of hydrogen-bond acceptors (Lipinski definition) is 6. The number of nitrogens with one attached hydrogen (secondary N) is 2. The van der Waals surface area contributed by atoms with E-state index >= 15 is 0 Å². The van der Waals surface area contributed by atoms with Crippen LogP contribution in [0.25, 0.3) is 22.3 Å². The summed E-state index contributed by atoms with van der Waals surface area (Å²) in [7, 11) is 0. The first-order valence-electron chi connectivity index (χ1n) is 10.1. The molecule has 0 aliphatic rings. The number of rotatable bonds is 5. The number of aromatic nitrogens is 4. The van der Waals surface area contributed by atoms with E-state index in [0.717, 1.165) is 10.2 Å². The molecule has 2 aromatic heterocycles. The Labute approximate surface area is 186 Å². The first kappa shape index (κ1) is 20.0. The SMILES string of the molecule is O=c1[nH][nH]c(/N=C/c2ccccc2)c1N=Nn1c(-c2ccccc2)nc2ccccc2c1=O. The molecular weight excluding hydrogens is 418 g/mol. The average molecular weight is 435 g/mol. The number of para-hydroxylation sites is 1. The molecule has 2 N–H and O–H groups in total. The molecule has 160 valence electrons. The van der Waals surface area contributed by atoms with Crippen molar-refractivity contribution in [3.8, 4) is 11.4 Å². The third-order valence-electron chi connectivity index (χ3n) is 4.90. The molecule has 5 aromatic rings. The Hall–Kier alpha value is -4.92. The number of nitrogens with zero attached hydrogens (tertiary/aromatic N) is 5. The van der Waals surface area contributed by atoms with E-state index in [1.54, 1.807) is 24.4 Å². The zero-order valence-electron chi connectivity index (χ0n) is 17.2. The maximum atomic E-state index is 13.2. The van der Waals surface area contributed by atoms with E-state index in [9.17, 15) is 9.59 Å². The summed E-state index contributed by atoms with van der Waals surface area (Å²) in [5.74, 6) is 0.500. The number of aromatic amines is 2. The molecule has 0 bridgehead atoms. The van der Waals surface area contributed by atoms with Gasteiger partial charge in [-0.25, -0.2) is 9.98 Å². The van der Waals surface area contributed by atoms with Crippen molar-refractivity contribution in [1.29, 1.82) is 0 Å². The normalized spacial score (nSPS) is 11.6. The molecule has 0 saturated heterocycles. The highest BCUT2D eigenvalue weighted by Crippen LogP contribution is 2.23. The van der Waals surface area contributed by atoms with Gasteiger partial charge in [-0.1, -0.05) is 78.0 Å². The zero-order chi connectivity index (χ0) is 22.6. The number of H-pyrrole nitrogens is 2. The minimum Gasteiger partial charge on any atom is -0.280 e. The van der Waals surface area contributed by atoms with Crippen LogP contribution in [-0.4, -0.2) is 26.1 Å². The van der Waals surface area contributed by atoms with Crippen LogP contribution < -0.4 is 11.1 Å². The minimum absolute atomic E-state index is 0.0544. The monoisotopic (exact) mass is 435 g/mol. The highest BCUT2D eigenvalue weighted by atomic mass is 16.1. The van der Waals surface area contributed by atoms with Gasteiger partial charge in [0.05, 0.1) is 10.9 Å². The second-order valence-electron chi connectivity index (χ2n) is 7.07. The molecule has 0 unspecified atom stereocenters. The van der Waals surface area contributed by atoms with Crippen molar-refractivity contribution in [2.45, 2.75) is 0 Å². The summed E-state index contributed by atoms with van der Waals surface area (Å²) in [6.07, 6.45) is 1.59. The van der Waals surface area contributed by atoms with Crippen molar-refractivity contribution in [1.82, 2.24) is 19.9 Å². The van der Waals surface area contributed by atoms with Gasteiger partial charge >= 0.3 is 0 Å². The van der Waals surface area contributed by atoms with Gasteiger partial charge in [-0.2, -0.15) is 4.68 Å². The summed E-state index contributed by atoms with van der Waals surface area (Å²) in [4.78, 5) is 34.4. The number of aliphatic imine (C=N–C) groups is 1. The van der Waals surface area contributed by atoms with Crippen molar-refractivity contribution in [3.05, 3.63) is 111 Å². The summed E-state index contributed by atoms with van der Waals surface area (Å²) in [5, 5.41) is 13.7. The quantitative estimate of drug-likeness (QED) is 0.315. The zero-order valence-corrected chi connectivity index (χ0v) is 17.2. The molecule has 0 radical (unpaired) electrons. The molecule has 0 atom stereocenters. The Bertz CT molecular complexity index is 1600. The lowest BCUT2D eigenvalue weighted by Gasteiger charge is -2.08. The third-order valence-corrected chi connectivity index (χ3v) is 4.90. The molecule has 0 spiro atoms. The van der Waals surface area contributed by atoms with E-state index < -0.39 is 11.1 Å². The molecule has 3 aromatic carbocycles. The summed E-state index contributed by atoms with van der Waals surface area (Å²) >= 11 is 0. The van der Waals surface area contributed by atoms with Gasteiger partial charge in [0.2, 0.25) is 0 Å². The van der Waals surface area contributed by atoms with Gasteiger partial charge in [0.1, 0.15) is 0 Å². The van der Waals surface area contributed by atoms with E-state index in [0.29, 0.717) is 22.3 Å². The molecule has 9 nitrogen and oxygen atoms in total. The predicted molar refractivity (Wildman–Crippen MR) is 126 cm³/mol. The van der Waals surface area contributed by atoms with E-state index in [1.807, 2.05) is 66.7 Å². The van der Waals surface area contributed by atoms with E-state index in [-0.39, 0.29) is 11.5 Å². The molecule has 0 aliphatic carbocycles. The Morgan fingerprint density at radius 3 is 2.30 bits per heavy atom. The fourth-order valence-corrected chi connectivity index (χ4v) is 3.28. The van der Waals surface area contributed by atoms with Crippen LogP contribution in [0.3, 0.4) is 0 Å². The molecule has 0 fully saturated rings. The average Bonchev–Trinajstić information content (AvgIpc) is 3.22. The Morgan fingerprint density at radius 1 is 0.818 bits per heavy atom. The lowest BCUT2D eigenvalue weighted by Crippen LogP contribution is -2.19. The van der Waals surface area contributed by atoms with Crippen molar-refractivity contribution in [3.63, 3.8) is 0 Å². The van der Waals surface area contributed by atoms with Crippen LogP contribution >= 0.6 is 0 Å². The predicted octanol–water partition coefficient (Wildman–Crippen LogP) is 4.38. The number of benzene rings is 3. The van der Waals surface area contributed by atoms with Gasteiger partial charge in [0.25, 0.3) is 11.1 Å². The van der Waals surface area contributed by atoms with Gasteiger partial charge < -0.3 is 0 Å². The maximum Gasteiger partial charge on any atom is 0.294 e. The van der Waals surface area contributed by atoms with Crippen molar-refractivity contribution in [2.75, 3.05) is 0 Å². The fraction of sp³-hybridized carbons (Fsp3) is 0. The lowest BCUT2D eigenvalue weighted by molar-refractivity contribution is 0.764. The summed E-state index contributed by atoms with van der Waals surface area (Å²) in [6, 6.07) is 25.6. The molecule has 0 saturated carbocycles. The van der Waals surface area contributed by atoms with Crippen molar-refractivity contribution in [2.24, 2.45) is 15.3 Å². The molecule has 2 heterocycles. The fourth-order valence-electron chi connectivity index (χ4n) is 3.28. The highest BCUT2D eigenvalue weighted by molar-refractivity contribution is 5.82. The summed E-state index contributed by atoms with van der Waals surface area (Å²) in [6.45, 7) is 0. The topological polar surface area (TPSA) is 121 Å². The van der Waals surface area contributed by atoms with E-state index in [1.165, 1.54) is 0 Å². The summed E-state index contributed by atoms with van der Waals surface area (Å²) in [5.41, 5.74) is 1.11. The van der Waals surface area contributed by atoms with Gasteiger partial charge in [0, 0.05) is 11.8 Å². The summed E-state index contributed by atoms with van der Waals surface area (Å²) < 4.78 is 1.09. The molecular formula is C24H17N7O2. The molecule has 9 heteroatoms. The number of fused-ring (bicyclic) bond motifs is 1. The first-order chi connectivity index (χ1) is 16.2. The van der Waals surface area contributed by atoms with E-state index in [2.05, 4.69) is 30.5 Å². The molecule has 0 aliphatic heterocycles. The smallest absolute Gasteiger partial charge is 0.280 e. The van der Waals surface area contributed by atoms with Gasteiger partial charge in [0.15, 0.2) is 17.3 Å². The standard InChI is InChI=1S/C24H17N7O2/c32-23-20(21(28-29-23)25-15-16-9-3-1-4-10-16)27-30-31-22(17-11-5-2-6-12-17)26-19-14-8-7-13-18(19)24(31)33/h1-15H,(H2,28,29,32)/b25-15+,30-27?. The van der Waals surface area contributed by atoms with Crippen LogP contribution in [0.15, 0.2) is 110 Å². The molecule has 33 heavy (non-hydrogen) atoms.